The van der Waals surface area contributed by atoms with Crippen LogP contribution in [0, 0.1) is 6.92 Å². The van der Waals surface area contributed by atoms with Crippen LogP contribution < -0.4 is 11.1 Å². The summed E-state index contributed by atoms with van der Waals surface area (Å²) in [7, 11) is 0. The van der Waals surface area contributed by atoms with Gasteiger partial charge < -0.3 is 20.0 Å². The highest BCUT2D eigenvalue weighted by molar-refractivity contribution is 5.78. The normalized spacial score (nSPS) is 11.0. The Morgan fingerprint density at radius 3 is 3.00 bits per heavy atom. The maximum atomic E-state index is 5.68. The Morgan fingerprint density at radius 1 is 1.32 bits per heavy atom. The van der Waals surface area contributed by atoms with Crippen molar-refractivity contribution in [1.29, 1.82) is 0 Å². The first-order valence-electron chi connectivity index (χ1n) is 5.90. The lowest BCUT2D eigenvalue weighted by Gasteiger charge is -1.96. The second kappa shape index (κ2) is 4.60. The third kappa shape index (κ3) is 2.49. The minimum atomic E-state index is 0.455. The van der Waals surface area contributed by atoms with Crippen LogP contribution in [-0.4, -0.2) is 21.7 Å². The standard InChI is InChI=1S/C12H13N5O2/c1-7-15-11(19-17-7)4-5-14-12-16-9-3-2-8(13)6-10(9)18-12/h2-3,6H,4-5,13H2,1H3,(H,14,16). The molecule has 0 spiro atoms. The Morgan fingerprint density at radius 2 is 2.21 bits per heavy atom. The zero-order chi connectivity index (χ0) is 13.2. The number of hydrogen-bond donors (Lipinski definition) is 2. The zero-order valence-corrected chi connectivity index (χ0v) is 10.4. The summed E-state index contributed by atoms with van der Waals surface area (Å²) in [6, 6.07) is 5.81. The molecular formula is C12H13N5O2. The first kappa shape index (κ1) is 11.5. The molecule has 0 unspecified atom stereocenters. The molecule has 2 aromatic heterocycles. The summed E-state index contributed by atoms with van der Waals surface area (Å²) in [5.41, 5.74) is 7.76. The van der Waals surface area contributed by atoms with Gasteiger partial charge in [-0.3, -0.25) is 0 Å². The van der Waals surface area contributed by atoms with Crippen LogP contribution in [0.25, 0.3) is 11.1 Å². The van der Waals surface area contributed by atoms with Crippen LogP contribution in [0.2, 0.25) is 0 Å². The number of hydrogen-bond acceptors (Lipinski definition) is 7. The van der Waals surface area contributed by atoms with Crippen molar-refractivity contribution in [3.8, 4) is 0 Å². The minimum Gasteiger partial charge on any atom is -0.423 e. The Balaban J connectivity index is 1.65. The summed E-state index contributed by atoms with van der Waals surface area (Å²) in [5.74, 6) is 1.22. The van der Waals surface area contributed by atoms with Gasteiger partial charge in [0.25, 0.3) is 6.01 Å². The van der Waals surface area contributed by atoms with E-state index in [2.05, 4.69) is 20.4 Å². The van der Waals surface area contributed by atoms with E-state index in [0.29, 0.717) is 42.0 Å². The molecule has 1 aromatic carbocycles. The number of aryl methyl sites for hydroxylation is 1. The molecule has 0 bridgehead atoms. The molecule has 0 saturated heterocycles. The summed E-state index contributed by atoms with van der Waals surface area (Å²) < 4.78 is 10.5. The molecule has 3 aromatic rings. The minimum absolute atomic E-state index is 0.455. The molecule has 0 aliphatic rings. The van der Waals surface area contributed by atoms with Gasteiger partial charge >= 0.3 is 0 Å². The zero-order valence-electron chi connectivity index (χ0n) is 10.4. The van der Waals surface area contributed by atoms with Gasteiger partial charge in [0.1, 0.15) is 5.52 Å². The lowest BCUT2D eigenvalue weighted by molar-refractivity contribution is 0.376. The molecule has 0 saturated carbocycles. The highest BCUT2D eigenvalue weighted by atomic mass is 16.5. The third-order valence-corrected chi connectivity index (χ3v) is 2.60. The van der Waals surface area contributed by atoms with Crippen LogP contribution in [0.1, 0.15) is 11.7 Å². The van der Waals surface area contributed by atoms with Crippen molar-refractivity contribution in [2.75, 3.05) is 17.6 Å². The van der Waals surface area contributed by atoms with Gasteiger partial charge in [-0.1, -0.05) is 5.16 Å². The number of aromatic nitrogens is 3. The number of fused-ring (bicyclic) bond motifs is 1. The number of nitrogens with zero attached hydrogens (tertiary/aromatic N) is 3. The molecule has 7 heteroatoms. The van der Waals surface area contributed by atoms with Crippen molar-refractivity contribution in [1.82, 2.24) is 15.1 Å². The van der Waals surface area contributed by atoms with E-state index >= 15 is 0 Å². The highest BCUT2D eigenvalue weighted by Crippen LogP contribution is 2.20. The van der Waals surface area contributed by atoms with Gasteiger partial charge in [0.05, 0.1) is 0 Å². The molecule has 0 radical (unpaired) electrons. The maximum absolute atomic E-state index is 5.68. The molecule has 0 atom stereocenters. The summed E-state index contributed by atoms with van der Waals surface area (Å²) in [5, 5.41) is 6.78. The fourth-order valence-electron chi connectivity index (χ4n) is 1.73. The molecule has 7 nitrogen and oxygen atoms in total. The monoisotopic (exact) mass is 259 g/mol. The second-order valence-corrected chi connectivity index (χ2v) is 4.16. The van der Waals surface area contributed by atoms with Crippen molar-refractivity contribution in [3.63, 3.8) is 0 Å². The van der Waals surface area contributed by atoms with E-state index < -0.39 is 0 Å². The second-order valence-electron chi connectivity index (χ2n) is 4.16. The number of nitrogens with two attached hydrogens (primary N) is 1. The van der Waals surface area contributed by atoms with Crippen molar-refractivity contribution >= 4 is 22.8 Å². The average molecular weight is 259 g/mol. The topological polar surface area (TPSA) is 103 Å². The van der Waals surface area contributed by atoms with E-state index in [-0.39, 0.29) is 0 Å². The van der Waals surface area contributed by atoms with Crippen molar-refractivity contribution < 1.29 is 8.94 Å². The van der Waals surface area contributed by atoms with Crippen LogP contribution in [-0.2, 0) is 6.42 Å². The van der Waals surface area contributed by atoms with Gasteiger partial charge in [-0.25, -0.2) is 0 Å². The lowest BCUT2D eigenvalue weighted by atomic mass is 10.3. The molecule has 0 aliphatic heterocycles. The fourth-order valence-corrected chi connectivity index (χ4v) is 1.73. The first-order chi connectivity index (χ1) is 9.20. The summed E-state index contributed by atoms with van der Waals surface area (Å²) >= 11 is 0. The van der Waals surface area contributed by atoms with Gasteiger partial charge in [0, 0.05) is 24.7 Å². The number of anilines is 2. The SMILES string of the molecule is Cc1noc(CCNc2nc3ccc(N)cc3o2)n1. The van der Waals surface area contributed by atoms with E-state index in [1.807, 2.05) is 6.07 Å². The van der Waals surface area contributed by atoms with E-state index in [0.717, 1.165) is 5.52 Å². The summed E-state index contributed by atoms with van der Waals surface area (Å²) in [6.45, 7) is 2.38. The van der Waals surface area contributed by atoms with Gasteiger partial charge in [-0.2, -0.15) is 9.97 Å². The van der Waals surface area contributed by atoms with Crippen LogP contribution >= 0.6 is 0 Å². The Bertz CT molecular complexity index is 703. The van der Waals surface area contributed by atoms with Crippen molar-refractivity contribution in [2.24, 2.45) is 0 Å². The molecule has 0 fully saturated rings. The molecule has 3 rings (SSSR count). The first-order valence-corrected chi connectivity index (χ1v) is 5.90. The predicted molar refractivity (Wildman–Crippen MR) is 69.7 cm³/mol. The van der Waals surface area contributed by atoms with Crippen LogP contribution in [0.4, 0.5) is 11.7 Å². The molecular weight excluding hydrogens is 246 g/mol. The Labute approximate surface area is 108 Å². The molecule has 2 heterocycles. The largest absolute Gasteiger partial charge is 0.423 e. The van der Waals surface area contributed by atoms with Crippen LogP contribution in [0.5, 0.6) is 0 Å². The van der Waals surface area contributed by atoms with Gasteiger partial charge in [-0.15, -0.1) is 0 Å². The number of nitrogen functional groups attached to an aromatic ring is 1. The maximum Gasteiger partial charge on any atom is 0.295 e. The average Bonchev–Trinajstić information content (AvgIpc) is 2.95. The molecule has 0 aliphatic carbocycles. The quantitative estimate of drug-likeness (QED) is 0.688. The number of oxazole rings is 1. The lowest BCUT2D eigenvalue weighted by Crippen LogP contribution is -2.05. The Kier molecular flexibility index (Phi) is 2.79. The summed E-state index contributed by atoms with van der Waals surface area (Å²) in [4.78, 5) is 8.40. The molecule has 19 heavy (non-hydrogen) atoms. The molecule has 3 N–H and O–H groups in total. The number of nitrogens with one attached hydrogen (secondary N) is 1. The van der Waals surface area contributed by atoms with E-state index in [1.165, 1.54) is 0 Å². The van der Waals surface area contributed by atoms with E-state index in [4.69, 9.17) is 14.7 Å². The third-order valence-electron chi connectivity index (χ3n) is 2.60. The number of benzene rings is 1. The Hall–Kier alpha value is -2.57. The van der Waals surface area contributed by atoms with Crippen molar-refractivity contribution in [2.45, 2.75) is 13.3 Å². The molecule has 98 valence electrons. The van der Waals surface area contributed by atoms with Gasteiger partial charge in [-0.05, 0) is 19.1 Å². The highest BCUT2D eigenvalue weighted by Gasteiger charge is 2.07. The molecule has 0 amide bonds. The van der Waals surface area contributed by atoms with E-state index in [9.17, 15) is 0 Å². The number of rotatable bonds is 4. The predicted octanol–water partition coefficient (Wildman–Crippen LogP) is 1.76. The van der Waals surface area contributed by atoms with Crippen LogP contribution in [0.15, 0.2) is 27.1 Å². The van der Waals surface area contributed by atoms with Crippen LogP contribution in [0.3, 0.4) is 0 Å². The van der Waals surface area contributed by atoms with E-state index in [1.54, 1.807) is 19.1 Å². The summed E-state index contributed by atoms with van der Waals surface area (Å²) in [6.07, 6.45) is 0.613. The van der Waals surface area contributed by atoms with Gasteiger partial charge in [0.15, 0.2) is 11.4 Å². The van der Waals surface area contributed by atoms with Gasteiger partial charge in [0.2, 0.25) is 5.89 Å². The fraction of sp³-hybridized carbons (Fsp3) is 0.250. The van der Waals surface area contributed by atoms with Crippen molar-refractivity contribution in [3.05, 3.63) is 29.9 Å². The smallest absolute Gasteiger partial charge is 0.295 e.